The van der Waals surface area contributed by atoms with Gasteiger partial charge in [0.2, 0.25) is 5.91 Å². The number of carbonyl (C=O) groups is 3. The van der Waals surface area contributed by atoms with Gasteiger partial charge in [-0.2, -0.15) is 0 Å². The van der Waals surface area contributed by atoms with Gasteiger partial charge in [-0.3, -0.25) is 14.4 Å². The number of hydrogen-bond donors (Lipinski definition) is 3. The van der Waals surface area contributed by atoms with Crippen LogP contribution < -0.4 is 5.32 Å². The highest BCUT2D eigenvalue weighted by Crippen LogP contribution is 2.32. The van der Waals surface area contributed by atoms with Gasteiger partial charge in [-0.1, -0.05) is 6.42 Å². The highest BCUT2D eigenvalue weighted by atomic mass is 16.4. The van der Waals surface area contributed by atoms with Crippen molar-refractivity contribution < 1.29 is 24.6 Å². The zero-order valence-electron chi connectivity index (χ0n) is 13.6. The molecule has 132 valence electrons. The predicted molar refractivity (Wildman–Crippen MR) is 85.1 cm³/mol. The fourth-order valence-electron chi connectivity index (χ4n) is 3.62. The molecule has 0 aromatic heterocycles. The molecule has 0 aliphatic carbocycles. The van der Waals surface area contributed by atoms with Gasteiger partial charge in [-0.15, -0.1) is 0 Å². The van der Waals surface area contributed by atoms with Crippen LogP contribution >= 0.6 is 0 Å². The van der Waals surface area contributed by atoms with Crippen molar-refractivity contribution in [2.45, 2.75) is 57.4 Å². The summed E-state index contributed by atoms with van der Waals surface area (Å²) < 4.78 is 0. The van der Waals surface area contributed by atoms with Crippen molar-refractivity contribution in [2.24, 2.45) is 5.92 Å². The van der Waals surface area contributed by atoms with Crippen LogP contribution in [0.5, 0.6) is 0 Å². The van der Waals surface area contributed by atoms with Gasteiger partial charge in [0.05, 0.1) is 6.42 Å². The maximum absolute atomic E-state index is 11.5. The second kappa shape index (κ2) is 11.0. The first-order chi connectivity index (χ1) is 11.1. The summed E-state index contributed by atoms with van der Waals surface area (Å²) in [7, 11) is 0. The van der Waals surface area contributed by atoms with Gasteiger partial charge >= 0.3 is 5.97 Å². The average molecular weight is 328 g/mol. The lowest BCUT2D eigenvalue weighted by atomic mass is 9.82. The van der Waals surface area contributed by atoms with Gasteiger partial charge in [0, 0.05) is 19.0 Å². The van der Waals surface area contributed by atoms with E-state index in [2.05, 4.69) is 10.2 Å². The molecule has 0 radical (unpaired) electrons. The van der Waals surface area contributed by atoms with E-state index in [1.54, 1.807) is 0 Å². The highest BCUT2D eigenvalue weighted by molar-refractivity contribution is 5.80. The molecule has 0 spiro atoms. The molecule has 7 nitrogen and oxygen atoms in total. The Morgan fingerprint density at radius 2 is 1.83 bits per heavy atom. The molecule has 2 heterocycles. The number of piperidine rings is 2. The van der Waals surface area contributed by atoms with E-state index in [0.29, 0.717) is 18.5 Å². The van der Waals surface area contributed by atoms with Crippen molar-refractivity contribution in [3.05, 3.63) is 0 Å². The maximum Gasteiger partial charge on any atom is 0.303 e. The predicted octanol–water partition coefficient (Wildman–Crippen LogP) is 1.32. The van der Waals surface area contributed by atoms with Gasteiger partial charge in [-0.25, -0.2) is 0 Å². The van der Waals surface area contributed by atoms with Crippen molar-refractivity contribution >= 4 is 18.3 Å². The third-order valence-corrected chi connectivity index (χ3v) is 4.63. The van der Waals surface area contributed by atoms with E-state index in [4.69, 9.17) is 15.0 Å². The monoisotopic (exact) mass is 328 g/mol. The molecular weight excluding hydrogens is 300 g/mol. The van der Waals surface area contributed by atoms with E-state index >= 15 is 0 Å². The summed E-state index contributed by atoms with van der Waals surface area (Å²) >= 11 is 0. The summed E-state index contributed by atoms with van der Waals surface area (Å²) in [6.45, 7) is 2.92. The molecule has 3 N–H and O–H groups in total. The van der Waals surface area contributed by atoms with Crippen LogP contribution in [-0.2, 0) is 14.4 Å². The van der Waals surface area contributed by atoms with Gasteiger partial charge in [0.1, 0.15) is 0 Å². The van der Waals surface area contributed by atoms with E-state index in [1.165, 1.54) is 45.2 Å². The summed E-state index contributed by atoms with van der Waals surface area (Å²) in [5, 5.41) is 18.3. The van der Waals surface area contributed by atoms with Crippen molar-refractivity contribution in [3.8, 4) is 0 Å². The molecule has 7 heteroatoms. The van der Waals surface area contributed by atoms with Crippen molar-refractivity contribution in [2.75, 3.05) is 19.6 Å². The van der Waals surface area contributed by atoms with Crippen LogP contribution in [0.2, 0.25) is 0 Å². The fraction of sp³-hybridized carbons (Fsp3) is 0.812. The first-order valence-corrected chi connectivity index (χ1v) is 8.39. The van der Waals surface area contributed by atoms with Crippen LogP contribution in [-0.4, -0.2) is 59.1 Å². The minimum atomic E-state index is -0.912. The number of aliphatic carboxylic acids is 1. The number of nitrogens with one attached hydrogen (secondary N) is 1. The Labute approximate surface area is 137 Å². The number of fused-ring (bicyclic) bond motifs is 1. The standard InChI is InChI=1S/C15H26N2O3.CH2O2/c18-14(6-7-15(19)20)16-9-8-12-4-3-11-17-10-2-1-5-13(12)17;2-1-3/h12-13H,1-11H2,(H,16,18)(H,19,20);1H,(H,2,3)/t12-,13+;/m0./s1. The number of nitrogens with zero attached hydrogens (tertiary/aromatic N) is 1. The van der Waals surface area contributed by atoms with Gasteiger partial charge in [0.15, 0.2) is 0 Å². The van der Waals surface area contributed by atoms with Crippen molar-refractivity contribution in [1.29, 1.82) is 0 Å². The minimum absolute atomic E-state index is 0.0777. The summed E-state index contributed by atoms with van der Waals surface area (Å²) in [4.78, 5) is 32.9. The summed E-state index contributed by atoms with van der Waals surface area (Å²) in [5.74, 6) is -0.349. The number of carbonyl (C=O) groups excluding carboxylic acids is 1. The number of carboxylic acid groups (broad SMARTS) is 2. The number of carboxylic acids is 1. The molecule has 2 aliphatic rings. The molecule has 2 rings (SSSR count). The Bertz CT molecular complexity index is 387. The van der Waals surface area contributed by atoms with Gasteiger partial charge < -0.3 is 20.4 Å². The third kappa shape index (κ3) is 7.45. The number of rotatable bonds is 6. The summed E-state index contributed by atoms with van der Waals surface area (Å²) in [5.41, 5.74) is 0. The SMILES string of the molecule is O=C(O)CCC(=O)NCC[C@@H]1CCCN2CCCC[C@H]12.O=CO. The quantitative estimate of drug-likeness (QED) is 0.635. The minimum Gasteiger partial charge on any atom is -0.483 e. The molecule has 0 saturated carbocycles. The van der Waals surface area contributed by atoms with E-state index in [1.807, 2.05) is 0 Å². The van der Waals surface area contributed by atoms with Crippen molar-refractivity contribution in [3.63, 3.8) is 0 Å². The van der Waals surface area contributed by atoms with E-state index in [0.717, 1.165) is 6.42 Å². The Morgan fingerprint density at radius 3 is 2.52 bits per heavy atom. The summed E-state index contributed by atoms with van der Waals surface area (Å²) in [6, 6.07) is 0.716. The van der Waals surface area contributed by atoms with Crippen LogP contribution in [0, 0.1) is 5.92 Å². The molecule has 0 unspecified atom stereocenters. The van der Waals surface area contributed by atoms with E-state index < -0.39 is 5.97 Å². The molecule has 0 aromatic rings. The first kappa shape index (κ1) is 19.4. The Morgan fingerprint density at radius 1 is 1.13 bits per heavy atom. The smallest absolute Gasteiger partial charge is 0.303 e. The second-order valence-electron chi connectivity index (χ2n) is 6.14. The average Bonchev–Trinajstić information content (AvgIpc) is 2.54. The number of amides is 1. The lowest BCUT2D eigenvalue weighted by Gasteiger charge is -2.44. The topological polar surface area (TPSA) is 107 Å². The van der Waals surface area contributed by atoms with Gasteiger partial charge in [0.25, 0.3) is 6.47 Å². The Hall–Kier alpha value is -1.63. The summed E-state index contributed by atoms with van der Waals surface area (Å²) in [6.07, 6.45) is 7.55. The lowest BCUT2D eigenvalue weighted by Crippen LogP contribution is -2.48. The molecule has 2 aliphatic heterocycles. The van der Waals surface area contributed by atoms with Crippen LogP contribution in [0.25, 0.3) is 0 Å². The second-order valence-corrected chi connectivity index (χ2v) is 6.14. The zero-order chi connectivity index (χ0) is 17.1. The molecule has 0 bridgehead atoms. The van der Waals surface area contributed by atoms with Crippen LogP contribution in [0.3, 0.4) is 0 Å². The lowest BCUT2D eigenvalue weighted by molar-refractivity contribution is -0.138. The third-order valence-electron chi connectivity index (χ3n) is 4.63. The largest absolute Gasteiger partial charge is 0.483 e. The molecule has 0 aromatic carbocycles. The van der Waals surface area contributed by atoms with E-state index in [-0.39, 0.29) is 25.2 Å². The Balaban J connectivity index is 0.000000816. The van der Waals surface area contributed by atoms with Crippen molar-refractivity contribution in [1.82, 2.24) is 10.2 Å². The molecule has 2 fully saturated rings. The number of hydrogen-bond acceptors (Lipinski definition) is 4. The molecule has 2 saturated heterocycles. The van der Waals surface area contributed by atoms with Gasteiger partial charge in [-0.05, 0) is 51.1 Å². The van der Waals surface area contributed by atoms with Crippen LogP contribution in [0.4, 0.5) is 0 Å². The van der Waals surface area contributed by atoms with Crippen LogP contribution in [0.15, 0.2) is 0 Å². The maximum atomic E-state index is 11.5. The normalized spacial score (nSPS) is 23.8. The molecule has 2 atom stereocenters. The van der Waals surface area contributed by atoms with E-state index in [9.17, 15) is 9.59 Å². The highest BCUT2D eigenvalue weighted by Gasteiger charge is 2.32. The first-order valence-electron chi connectivity index (χ1n) is 8.39. The zero-order valence-corrected chi connectivity index (χ0v) is 13.6. The molecular formula is C16H28N2O5. The molecule has 23 heavy (non-hydrogen) atoms. The molecule has 1 amide bonds. The van der Waals surface area contributed by atoms with Crippen LogP contribution in [0.1, 0.15) is 51.4 Å². The fourth-order valence-corrected chi connectivity index (χ4v) is 3.62. The Kier molecular flexibility index (Phi) is 9.28.